The van der Waals surface area contributed by atoms with E-state index in [2.05, 4.69) is 12.6 Å². The topological polar surface area (TPSA) is 44.1 Å². The third-order valence-corrected chi connectivity index (χ3v) is 3.48. The van der Waals surface area contributed by atoms with Crippen LogP contribution in [0.2, 0.25) is 0 Å². The molecule has 0 aliphatic carbocycles. The van der Waals surface area contributed by atoms with Gasteiger partial charge in [-0.3, -0.25) is 4.79 Å². The number of piperidine rings is 1. The molecule has 0 aromatic rings. The molecule has 0 aromatic carbocycles. The van der Waals surface area contributed by atoms with E-state index < -0.39 is 0 Å². The van der Waals surface area contributed by atoms with Crippen LogP contribution in [0, 0.1) is 16.7 Å². The fraction of sp³-hybridized carbons (Fsp3) is 0.667. The predicted molar refractivity (Wildman–Crippen MR) is 64.0 cm³/mol. The lowest BCUT2D eigenvalue weighted by molar-refractivity contribution is -0.130. The number of rotatable bonds is 4. The smallest absolute Gasteiger partial charge is 0.237 e. The van der Waals surface area contributed by atoms with Crippen LogP contribution in [0.4, 0.5) is 0 Å². The number of nitrogens with zero attached hydrogens (tertiary/aromatic N) is 2. The maximum atomic E-state index is 11.4. The summed E-state index contributed by atoms with van der Waals surface area (Å²) in [6, 6.07) is 2.41. The molecular formula is C12H17ClN2O. The van der Waals surface area contributed by atoms with E-state index in [1.807, 2.05) is 6.08 Å². The number of amides is 1. The van der Waals surface area contributed by atoms with Gasteiger partial charge in [0.25, 0.3) is 0 Å². The highest BCUT2D eigenvalue weighted by Gasteiger charge is 2.35. The molecule has 1 amide bonds. The van der Waals surface area contributed by atoms with Gasteiger partial charge >= 0.3 is 0 Å². The molecule has 0 bridgehead atoms. The van der Waals surface area contributed by atoms with Crippen LogP contribution < -0.4 is 0 Å². The number of carbonyl (C=O) groups excluding carboxylic acids is 1. The van der Waals surface area contributed by atoms with Crippen LogP contribution in [0.15, 0.2) is 12.7 Å². The highest BCUT2D eigenvalue weighted by molar-refractivity contribution is 6.27. The van der Waals surface area contributed by atoms with Gasteiger partial charge in [-0.1, -0.05) is 6.08 Å². The van der Waals surface area contributed by atoms with Crippen molar-refractivity contribution in [2.24, 2.45) is 5.41 Å². The van der Waals surface area contributed by atoms with Crippen molar-refractivity contribution in [2.45, 2.75) is 25.7 Å². The van der Waals surface area contributed by atoms with E-state index in [1.165, 1.54) is 0 Å². The maximum absolute atomic E-state index is 11.4. The molecule has 0 N–H and O–H groups in total. The third kappa shape index (κ3) is 2.99. The Morgan fingerprint density at radius 3 is 2.62 bits per heavy atom. The molecule has 1 rings (SSSR count). The standard InChI is InChI=1S/C12H17ClN2O/c1-2-3-4-12(10-14)5-7-15(8-6-12)11(16)9-13/h2H,1,3-9H2. The molecule has 4 heteroatoms. The number of nitriles is 1. The van der Waals surface area contributed by atoms with Crippen molar-refractivity contribution < 1.29 is 4.79 Å². The zero-order chi connectivity index (χ0) is 12.0. The maximum Gasteiger partial charge on any atom is 0.237 e. The zero-order valence-corrected chi connectivity index (χ0v) is 10.2. The molecule has 0 spiro atoms. The van der Waals surface area contributed by atoms with Gasteiger partial charge < -0.3 is 4.90 Å². The van der Waals surface area contributed by atoms with E-state index in [9.17, 15) is 10.1 Å². The molecule has 0 atom stereocenters. The second-order valence-corrected chi connectivity index (χ2v) is 4.50. The highest BCUT2D eigenvalue weighted by Crippen LogP contribution is 2.35. The van der Waals surface area contributed by atoms with Crippen molar-refractivity contribution in [3.63, 3.8) is 0 Å². The molecule has 0 saturated carbocycles. The van der Waals surface area contributed by atoms with Gasteiger partial charge in [0.2, 0.25) is 5.91 Å². The number of hydrogen-bond acceptors (Lipinski definition) is 2. The van der Waals surface area contributed by atoms with Crippen LogP contribution in [0.5, 0.6) is 0 Å². The number of likely N-dealkylation sites (tertiary alicyclic amines) is 1. The van der Waals surface area contributed by atoms with Gasteiger partial charge in [-0.2, -0.15) is 5.26 Å². The van der Waals surface area contributed by atoms with Crippen LogP contribution in [-0.2, 0) is 4.79 Å². The van der Waals surface area contributed by atoms with Crippen molar-refractivity contribution >= 4 is 17.5 Å². The molecule has 1 fully saturated rings. The second kappa shape index (κ2) is 5.91. The minimum absolute atomic E-state index is 0.0306. The normalized spacial score (nSPS) is 18.9. The van der Waals surface area contributed by atoms with Crippen LogP contribution in [0.25, 0.3) is 0 Å². The lowest BCUT2D eigenvalue weighted by Crippen LogP contribution is -2.43. The Morgan fingerprint density at radius 1 is 1.56 bits per heavy atom. The van der Waals surface area contributed by atoms with Crippen molar-refractivity contribution in [2.75, 3.05) is 19.0 Å². The van der Waals surface area contributed by atoms with E-state index in [0.29, 0.717) is 13.1 Å². The first-order valence-electron chi connectivity index (χ1n) is 5.53. The molecule has 16 heavy (non-hydrogen) atoms. The van der Waals surface area contributed by atoms with E-state index in [4.69, 9.17) is 11.6 Å². The Balaban J connectivity index is 2.54. The van der Waals surface area contributed by atoms with Gasteiger partial charge in [0.05, 0.1) is 11.5 Å². The Labute approximate surface area is 102 Å². The summed E-state index contributed by atoms with van der Waals surface area (Å²) in [5.41, 5.74) is -0.267. The number of allylic oxidation sites excluding steroid dienone is 1. The fourth-order valence-corrected chi connectivity index (χ4v) is 2.23. The van der Waals surface area contributed by atoms with E-state index >= 15 is 0 Å². The van der Waals surface area contributed by atoms with E-state index in [0.717, 1.165) is 25.7 Å². The molecule has 1 heterocycles. The molecule has 0 aromatic heterocycles. The molecule has 0 radical (unpaired) electrons. The van der Waals surface area contributed by atoms with Gasteiger partial charge in [0, 0.05) is 13.1 Å². The molecule has 1 saturated heterocycles. The Morgan fingerprint density at radius 2 is 2.19 bits per heavy atom. The number of carbonyl (C=O) groups is 1. The predicted octanol–water partition coefficient (Wildman–Crippen LogP) is 2.32. The number of halogens is 1. The summed E-state index contributed by atoms with van der Waals surface area (Å²) in [7, 11) is 0. The van der Waals surface area contributed by atoms with Crippen LogP contribution >= 0.6 is 11.6 Å². The van der Waals surface area contributed by atoms with Gasteiger partial charge in [-0.15, -0.1) is 18.2 Å². The van der Waals surface area contributed by atoms with Gasteiger partial charge in [-0.05, 0) is 25.7 Å². The number of alkyl halides is 1. The quantitative estimate of drug-likeness (QED) is 0.559. The summed E-state index contributed by atoms with van der Waals surface area (Å²) in [6.07, 6.45) is 5.04. The summed E-state index contributed by atoms with van der Waals surface area (Å²) in [5, 5.41) is 9.24. The Kier molecular flexibility index (Phi) is 4.82. The van der Waals surface area contributed by atoms with Crippen molar-refractivity contribution in [3.8, 4) is 6.07 Å². The fourth-order valence-electron chi connectivity index (χ4n) is 2.06. The largest absolute Gasteiger partial charge is 0.342 e. The summed E-state index contributed by atoms with van der Waals surface area (Å²) in [5.74, 6) is 0.00332. The lowest BCUT2D eigenvalue weighted by atomic mass is 9.76. The minimum atomic E-state index is -0.267. The molecular weight excluding hydrogens is 224 g/mol. The SMILES string of the molecule is C=CCCC1(C#N)CCN(C(=O)CCl)CC1. The van der Waals surface area contributed by atoms with Crippen LogP contribution in [-0.4, -0.2) is 29.8 Å². The Hall–Kier alpha value is -1.01. The Bertz CT molecular complexity index is 301. The second-order valence-electron chi connectivity index (χ2n) is 4.23. The van der Waals surface area contributed by atoms with Crippen molar-refractivity contribution in [1.82, 2.24) is 4.90 Å². The first-order valence-corrected chi connectivity index (χ1v) is 6.07. The monoisotopic (exact) mass is 240 g/mol. The van der Waals surface area contributed by atoms with E-state index in [1.54, 1.807) is 4.90 Å². The third-order valence-electron chi connectivity index (χ3n) is 3.25. The van der Waals surface area contributed by atoms with Crippen molar-refractivity contribution in [1.29, 1.82) is 5.26 Å². The summed E-state index contributed by atoms with van der Waals surface area (Å²) in [4.78, 5) is 13.1. The summed E-state index contributed by atoms with van der Waals surface area (Å²) >= 11 is 5.50. The molecule has 88 valence electrons. The lowest BCUT2D eigenvalue weighted by Gasteiger charge is -2.37. The van der Waals surface area contributed by atoms with Crippen molar-refractivity contribution in [3.05, 3.63) is 12.7 Å². The van der Waals surface area contributed by atoms with Gasteiger partial charge in [-0.25, -0.2) is 0 Å². The highest BCUT2D eigenvalue weighted by atomic mass is 35.5. The summed E-state index contributed by atoms with van der Waals surface area (Å²) < 4.78 is 0. The molecule has 1 aliphatic heterocycles. The average molecular weight is 241 g/mol. The molecule has 1 aliphatic rings. The van der Waals surface area contributed by atoms with Crippen LogP contribution in [0.1, 0.15) is 25.7 Å². The molecule has 0 unspecified atom stereocenters. The van der Waals surface area contributed by atoms with E-state index in [-0.39, 0.29) is 17.2 Å². The number of hydrogen-bond donors (Lipinski definition) is 0. The minimum Gasteiger partial charge on any atom is -0.342 e. The first kappa shape index (κ1) is 13.1. The zero-order valence-electron chi connectivity index (χ0n) is 9.41. The van der Waals surface area contributed by atoms with Gasteiger partial charge in [0.15, 0.2) is 0 Å². The van der Waals surface area contributed by atoms with Gasteiger partial charge in [0.1, 0.15) is 5.88 Å². The summed E-state index contributed by atoms with van der Waals surface area (Å²) in [6.45, 7) is 4.97. The van der Waals surface area contributed by atoms with Crippen LogP contribution in [0.3, 0.4) is 0 Å². The first-order chi connectivity index (χ1) is 7.67. The average Bonchev–Trinajstić information content (AvgIpc) is 2.36. The molecule has 3 nitrogen and oxygen atoms in total.